The predicted molar refractivity (Wildman–Crippen MR) is 106 cm³/mol. The Balaban J connectivity index is 1.53. The normalized spacial score (nSPS) is 20.5. The summed E-state index contributed by atoms with van der Waals surface area (Å²) in [6, 6.07) is 5.23. The summed E-state index contributed by atoms with van der Waals surface area (Å²) >= 11 is 5.99. The van der Waals surface area contributed by atoms with Crippen molar-refractivity contribution >= 4 is 27.5 Å². The first-order valence-corrected chi connectivity index (χ1v) is 11.5. The molecule has 3 rings (SSSR count). The fraction of sp³-hybridized carbons (Fsp3) is 0.632. The summed E-state index contributed by atoms with van der Waals surface area (Å²) in [6.45, 7) is 3.97. The number of amides is 1. The highest BCUT2D eigenvalue weighted by Gasteiger charge is 2.30. The van der Waals surface area contributed by atoms with Crippen LogP contribution in [0, 0.1) is 6.92 Å². The van der Waals surface area contributed by atoms with E-state index in [1.165, 1.54) is 29.6 Å². The van der Waals surface area contributed by atoms with Crippen LogP contribution >= 0.6 is 11.6 Å². The van der Waals surface area contributed by atoms with Crippen LogP contribution in [0.15, 0.2) is 23.1 Å². The van der Waals surface area contributed by atoms with Crippen molar-refractivity contribution < 1.29 is 13.2 Å². The van der Waals surface area contributed by atoms with E-state index in [2.05, 4.69) is 5.32 Å². The fourth-order valence-electron chi connectivity index (χ4n) is 3.84. The molecule has 1 N–H and O–H groups in total. The molecule has 1 amide bonds. The van der Waals surface area contributed by atoms with E-state index < -0.39 is 10.0 Å². The molecule has 0 aromatic heterocycles. The standard InChI is InChI=1S/C19H28ClN3O3S/c1-15-7-8-16(20)13-18(15)27(25,26)23-11-9-22(10-12-23)14-19(24)21-17-5-3-2-4-6-17/h7-8,13,17H,2-6,9-12,14H2,1H3,(H,21,24). The zero-order valence-electron chi connectivity index (χ0n) is 15.8. The minimum Gasteiger partial charge on any atom is -0.352 e. The van der Waals surface area contributed by atoms with Crippen molar-refractivity contribution in [3.63, 3.8) is 0 Å². The lowest BCUT2D eigenvalue weighted by atomic mass is 9.95. The zero-order valence-corrected chi connectivity index (χ0v) is 17.4. The average molecular weight is 414 g/mol. The maximum absolute atomic E-state index is 12.9. The molecular formula is C19H28ClN3O3S. The van der Waals surface area contributed by atoms with Crippen LogP contribution in [0.4, 0.5) is 0 Å². The van der Waals surface area contributed by atoms with E-state index in [4.69, 9.17) is 11.6 Å². The van der Waals surface area contributed by atoms with Gasteiger partial charge in [0.25, 0.3) is 0 Å². The molecule has 2 fully saturated rings. The number of nitrogens with one attached hydrogen (secondary N) is 1. The van der Waals surface area contributed by atoms with Crippen molar-refractivity contribution in [2.45, 2.75) is 50.0 Å². The number of hydrogen-bond acceptors (Lipinski definition) is 4. The Morgan fingerprint density at radius 2 is 1.81 bits per heavy atom. The molecule has 27 heavy (non-hydrogen) atoms. The van der Waals surface area contributed by atoms with Gasteiger partial charge in [0.05, 0.1) is 11.4 Å². The number of benzene rings is 1. The molecule has 0 atom stereocenters. The molecule has 1 saturated carbocycles. The molecule has 1 heterocycles. The Morgan fingerprint density at radius 1 is 1.15 bits per heavy atom. The van der Waals surface area contributed by atoms with Gasteiger partial charge >= 0.3 is 0 Å². The van der Waals surface area contributed by atoms with Gasteiger partial charge in [-0.1, -0.05) is 36.9 Å². The molecule has 0 spiro atoms. The highest BCUT2D eigenvalue weighted by atomic mass is 35.5. The van der Waals surface area contributed by atoms with Crippen LogP contribution in [-0.2, 0) is 14.8 Å². The lowest BCUT2D eigenvalue weighted by molar-refractivity contribution is -0.123. The summed E-state index contributed by atoms with van der Waals surface area (Å²) in [5.41, 5.74) is 0.689. The fourth-order valence-corrected chi connectivity index (χ4v) is 5.75. The molecule has 8 heteroatoms. The first kappa shape index (κ1) is 20.6. The van der Waals surface area contributed by atoms with Crippen molar-refractivity contribution in [1.82, 2.24) is 14.5 Å². The molecule has 1 aliphatic carbocycles. The first-order valence-electron chi connectivity index (χ1n) is 9.64. The number of carbonyl (C=O) groups is 1. The van der Waals surface area contributed by atoms with Crippen LogP contribution in [0.3, 0.4) is 0 Å². The summed E-state index contributed by atoms with van der Waals surface area (Å²) in [7, 11) is -3.57. The maximum atomic E-state index is 12.9. The van der Waals surface area contributed by atoms with Gasteiger partial charge in [-0.05, 0) is 37.5 Å². The quantitative estimate of drug-likeness (QED) is 0.804. The molecule has 1 aromatic carbocycles. The second kappa shape index (κ2) is 8.90. The maximum Gasteiger partial charge on any atom is 0.243 e. The number of carbonyl (C=O) groups excluding carboxylic acids is 1. The van der Waals surface area contributed by atoms with Crippen LogP contribution in [0.5, 0.6) is 0 Å². The second-order valence-corrected chi connectivity index (χ2v) is 9.84. The van der Waals surface area contributed by atoms with Gasteiger partial charge in [0.2, 0.25) is 15.9 Å². The number of sulfonamides is 1. The summed E-state index contributed by atoms with van der Waals surface area (Å²) in [6.07, 6.45) is 5.76. The summed E-state index contributed by atoms with van der Waals surface area (Å²) in [5.74, 6) is 0.0453. The Labute approximate surface area is 166 Å². The Kier molecular flexibility index (Phi) is 6.78. The van der Waals surface area contributed by atoms with E-state index in [9.17, 15) is 13.2 Å². The van der Waals surface area contributed by atoms with E-state index in [-0.39, 0.29) is 10.8 Å². The van der Waals surface area contributed by atoms with E-state index in [0.29, 0.717) is 49.4 Å². The third-order valence-electron chi connectivity index (χ3n) is 5.44. The lowest BCUT2D eigenvalue weighted by Gasteiger charge is -2.34. The summed E-state index contributed by atoms with van der Waals surface area (Å²) < 4.78 is 27.3. The molecule has 150 valence electrons. The van der Waals surface area contributed by atoms with Crippen LogP contribution in [-0.4, -0.2) is 62.3 Å². The second-order valence-electron chi connectivity index (χ2n) is 7.49. The Hall–Kier alpha value is -1.15. The van der Waals surface area contributed by atoms with Gasteiger partial charge in [0.15, 0.2) is 0 Å². The van der Waals surface area contributed by atoms with E-state index in [0.717, 1.165) is 12.8 Å². The minimum atomic E-state index is -3.57. The molecule has 1 aliphatic heterocycles. The number of rotatable bonds is 5. The van der Waals surface area contributed by atoms with E-state index >= 15 is 0 Å². The Bertz CT molecular complexity index is 770. The monoisotopic (exact) mass is 413 g/mol. The summed E-state index contributed by atoms with van der Waals surface area (Å²) in [4.78, 5) is 14.5. The molecule has 0 unspecified atom stereocenters. The van der Waals surface area contributed by atoms with Crippen molar-refractivity contribution in [2.24, 2.45) is 0 Å². The van der Waals surface area contributed by atoms with Gasteiger partial charge in [-0.2, -0.15) is 4.31 Å². The topological polar surface area (TPSA) is 69.7 Å². The molecule has 0 radical (unpaired) electrons. The number of nitrogens with zero attached hydrogens (tertiary/aromatic N) is 2. The van der Waals surface area contributed by atoms with Gasteiger partial charge in [-0.3, -0.25) is 9.69 Å². The first-order chi connectivity index (χ1) is 12.9. The van der Waals surface area contributed by atoms with Crippen LogP contribution in [0.1, 0.15) is 37.7 Å². The van der Waals surface area contributed by atoms with Crippen LogP contribution in [0.2, 0.25) is 5.02 Å². The number of aryl methyl sites for hydroxylation is 1. The van der Waals surface area contributed by atoms with Gasteiger partial charge in [0, 0.05) is 37.2 Å². The van der Waals surface area contributed by atoms with Gasteiger partial charge < -0.3 is 5.32 Å². The SMILES string of the molecule is Cc1ccc(Cl)cc1S(=O)(=O)N1CCN(CC(=O)NC2CCCCC2)CC1. The molecule has 2 aliphatic rings. The van der Waals surface area contributed by atoms with E-state index in [1.807, 2.05) is 4.90 Å². The molecular weight excluding hydrogens is 386 g/mol. The third-order valence-corrected chi connectivity index (χ3v) is 7.71. The van der Waals surface area contributed by atoms with Crippen LogP contribution in [0.25, 0.3) is 0 Å². The van der Waals surface area contributed by atoms with E-state index in [1.54, 1.807) is 19.1 Å². The average Bonchev–Trinajstić information content (AvgIpc) is 2.65. The number of halogens is 1. The van der Waals surface area contributed by atoms with Gasteiger partial charge in [0.1, 0.15) is 0 Å². The third kappa shape index (κ3) is 5.22. The number of hydrogen-bond donors (Lipinski definition) is 1. The molecule has 1 aromatic rings. The van der Waals surface area contributed by atoms with Gasteiger partial charge in [-0.25, -0.2) is 8.42 Å². The van der Waals surface area contributed by atoms with Crippen molar-refractivity contribution in [1.29, 1.82) is 0 Å². The minimum absolute atomic E-state index is 0.0453. The largest absolute Gasteiger partial charge is 0.352 e. The lowest BCUT2D eigenvalue weighted by Crippen LogP contribution is -2.52. The van der Waals surface area contributed by atoms with Crippen molar-refractivity contribution in [3.8, 4) is 0 Å². The zero-order chi connectivity index (χ0) is 19.4. The summed E-state index contributed by atoms with van der Waals surface area (Å²) in [5, 5.41) is 3.53. The van der Waals surface area contributed by atoms with Crippen LogP contribution < -0.4 is 5.32 Å². The van der Waals surface area contributed by atoms with Crippen molar-refractivity contribution in [3.05, 3.63) is 28.8 Å². The van der Waals surface area contributed by atoms with Gasteiger partial charge in [-0.15, -0.1) is 0 Å². The Morgan fingerprint density at radius 3 is 2.48 bits per heavy atom. The molecule has 0 bridgehead atoms. The molecule has 6 nitrogen and oxygen atoms in total. The molecule has 1 saturated heterocycles. The number of piperazine rings is 1. The van der Waals surface area contributed by atoms with Crippen molar-refractivity contribution in [2.75, 3.05) is 32.7 Å². The predicted octanol–water partition coefficient (Wildman–Crippen LogP) is 2.40. The highest BCUT2D eigenvalue weighted by molar-refractivity contribution is 7.89. The highest BCUT2D eigenvalue weighted by Crippen LogP contribution is 2.24. The smallest absolute Gasteiger partial charge is 0.243 e.